The Morgan fingerprint density at radius 2 is 2.05 bits per heavy atom. The molecular weight excluding hydrogens is 266 g/mol. The monoisotopic (exact) mass is 285 g/mol. The van der Waals surface area contributed by atoms with E-state index in [0.717, 1.165) is 36.3 Å². The van der Waals surface area contributed by atoms with Crippen LogP contribution in [0.15, 0.2) is 18.2 Å². The summed E-state index contributed by atoms with van der Waals surface area (Å²) in [6, 6.07) is 5.77. The highest BCUT2D eigenvalue weighted by molar-refractivity contribution is 6.27. The first-order valence-corrected chi connectivity index (χ1v) is 6.78. The first-order valence-electron chi connectivity index (χ1n) is 6.24. The van der Waals surface area contributed by atoms with Crippen molar-refractivity contribution in [2.24, 2.45) is 0 Å². The van der Waals surface area contributed by atoms with Crippen molar-refractivity contribution in [3.63, 3.8) is 0 Å². The van der Waals surface area contributed by atoms with Crippen molar-refractivity contribution in [1.82, 2.24) is 5.32 Å². The number of benzene rings is 1. The molecule has 19 heavy (non-hydrogen) atoms. The van der Waals surface area contributed by atoms with E-state index in [9.17, 15) is 4.79 Å². The summed E-state index contributed by atoms with van der Waals surface area (Å²) in [5, 5.41) is 2.74. The third kappa shape index (κ3) is 5.39. The normalized spacial score (nSPS) is 10.1. The molecule has 0 spiro atoms. The zero-order chi connectivity index (χ0) is 14.1. The van der Waals surface area contributed by atoms with Crippen LogP contribution in [0.1, 0.15) is 18.4 Å². The Labute approximate surface area is 119 Å². The molecule has 1 N–H and O–H groups in total. The fourth-order valence-corrected chi connectivity index (χ4v) is 1.89. The predicted octanol–water partition coefficient (Wildman–Crippen LogP) is 2.38. The van der Waals surface area contributed by atoms with Gasteiger partial charge in [0.1, 0.15) is 17.4 Å². The molecule has 0 atom stereocenters. The summed E-state index contributed by atoms with van der Waals surface area (Å²) in [6.07, 6.45) is 2.76. The average molecular weight is 286 g/mol. The van der Waals surface area contributed by atoms with Crippen LogP contribution in [0.4, 0.5) is 0 Å². The fourth-order valence-electron chi connectivity index (χ4n) is 1.79. The van der Waals surface area contributed by atoms with Crippen LogP contribution in [0.3, 0.4) is 0 Å². The molecule has 5 heteroatoms. The Balaban J connectivity index is 2.41. The predicted molar refractivity (Wildman–Crippen MR) is 76.2 cm³/mol. The van der Waals surface area contributed by atoms with Crippen molar-refractivity contribution in [3.8, 4) is 11.5 Å². The number of unbranched alkanes of at least 4 members (excludes halogenated alkanes) is 1. The summed E-state index contributed by atoms with van der Waals surface area (Å²) in [6.45, 7) is 0.651. The first kappa shape index (κ1) is 15.6. The van der Waals surface area contributed by atoms with Gasteiger partial charge in [-0.3, -0.25) is 4.79 Å². The second-order valence-corrected chi connectivity index (χ2v) is 4.39. The van der Waals surface area contributed by atoms with Gasteiger partial charge in [-0.25, -0.2) is 0 Å². The smallest absolute Gasteiger partial charge is 0.234 e. The van der Waals surface area contributed by atoms with E-state index in [0.29, 0.717) is 6.54 Å². The minimum absolute atomic E-state index is 0.0176. The van der Waals surface area contributed by atoms with Crippen LogP contribution in [-0.4, -0.2) is 32.6 Å². The van der Waals surface area contributed by atoms with E-state index in [4.69, 9.17) is 21.1 Å². The number of methoxy groups -OCH3 is 2. The molecule has 0 saturated carbocycles. The molecule has 0 aliphatic rings. The quantitative estimate of drug-likeness (QED) is 0.589. The Morgan fingerprint density at radius 1 is 1.26 bits per heavy atom. The molecule has 0 heterocycles. The van der Waals surface area contributed by atoms with Gasteiger partial charge >= 0.3 is 0 Å². The highest BCUT2D eigenvalue weighted by Crippen LogP contribution is 2.25. The number of hydrogen-bond acceptors (Lipinski definition) is 3. The molecule has 0 fully saturated rings. The van der Waals surface area contributed by atoms with Crippen molar-refractivity contribution < 1.29 is 14.3 Å². The number of ether oxygens (including phenoxy) is 2. The van der Waals surface area contributed by atoms with Crippen LogP contribution >= 0.6 is 11.6 Å². The molecule has 1 aromatic rings. The topological polar surface area (TPSA) is 47.6 Å². The minimum atomic E-state index is -0.124. The van der Waals surface area contributed by atoms with Crippen LogP contribution in [0.2, 0.25) is 0 Å². The van der Waals surface area contributed by atoms with Crippen LogP contribution < -0.4 is 14.8 Å². The zero-order valence-corrected chi connectivity index (χ0v) is 12.1. The number of carbonyl (C=O) groups excluding carboxylic acids is 1. The largest absolute Gasteiger partial charge is 0.497 e. The van der Waals surface area contributed by atoms with Gasteiger partial charge in [0.2, 0.25) is 5.91 Å². The molecule has 0 bridgehead atoms. The molecule has 0 unspecified atom stereocenters. The molecule has 0 radical (unpaired) electrons. The highest BCUT2D eigenvalue weighted by atomic mass is 35.5. The van der Waals surface area contributed by atoms with E-state index in [1.807, 2.05) is 18.2 Å². The van der Waals surface area contributed by atoms with E-state index in [-0.39, 0.29) is 11.8 Å². The molecule has 0 aliphatic carbocycles. The van der Waals surface area contributed by atoms with Crippen LogP contribution in [0, 0.1) is 0 Å². The standard InChI is InChI=1S/C14H20ClNO3/c1-18-12-6-7-13(19-2)11(9-12)5-3-4-8-16-14(17)10-15/h6-7,9H,3-5,8,10H2,1-2H3,(H,16,17). The second-order valence-electron chi connectivity index (χ2n) is 4.12. The van der Waals surface area contributed by atoms with Crippen LogP contribution in [0.25, 0.3) is 0 Å². The Hall–Kier alpha value is -1.42. The second kappa shape index (κ2) is 8.64. The summed E-state index contributed by atoms with van der Waals surface area (Å²) in [7, 11) is 3.30. The average Bonchev–Trinajstić information content (AvgIpc) is 2.46. The van der Waals surface area contributed by atoms with Gasteiger partial charge in [-0.15, -0.1) is 11.6 Å². The van der Waals surface area contributed by atoms with Crippen molar-refractivity contribution in [3.05, 3.63) is 23.8 Å². The summed E-state index contributed by atoms with van der Waals surface area (Å²) in [4.78, 5) is 10.9. The summed E-state index contributed by atoms with van der Waals surface area (Å²) < 4.78 is 10.5. The molecule has 0 saturated heterocycles. The zero-order valence-electron chi connectivity index (χ0n) is 11.4. The van der Waals surface area contributed by atoms with E-state index in [1.54, 1.807) is 14.2 Å². The number of hydrogen-bond donors (Lipinski definition) is 1. The number of halogens is 1. The van der Waals surface area contributed by atoms with Crippen molar-refractivity contribution in [2.45, 2.75) is 19.3 Å². The van der Waals surface area contributed by atoms with E-state index < -0.39 is 0 Å². The van der Waals surface area contributed by atoms with Gasteiger partial charge in [-0.05, 0) is 43.0 Å². The molecular formula is C14H20ClNO3. The number of rotatable bonds is 8. The molecule has 1 rings (SSSR count). The lowest BCUT2D eigenvalue weighted by atomic mass is 10.1. The summed E-state index contributed by atoms with van der Waals surface area (Å²) in [5.41, 5.74) is 1.12. The number of aryl methyl sites for hydroxylation is 1. The molecule has 106 valence electrons. The van der Waals surface area contributed by atoms with Gasteiger partial charge in [-0.2, -0.15) is 0 Å². The van der Waals surface area contributed by atoms with Crippen LogP contribution in [-0.2, 0) is 11.2 Å². The van der Waals surface area contributed by atoms with E-state index in [2.05, 4.69) is 5.32 Å². The number of amides is 1. The van der Waals surface area contributed by atoms with Gasteiger partial charge in [0.25, 0.3) is 0 Å². The van der Waals surface area contributed by atoms with Gasteiger partial charge in [-0.1, -0.05) is 0 Å². The lowest BCUT2D eigenvalue weighted by molar-refractivity contribution is -0.118. The number of carbonyl (C=O) groups is 1. The Kier molecular flexibility index (Phi) is 7.11. The SMILES string of the molecule is COc1ccc(OC)c(CCCCNC(=O)CCl)c1. The molecule has 1 amide bonds. The third-order valence-electron chi connectivity index (χ3n) is 2.80. The van der Waals surface area contributed by atoms with Crippen LogP contribution in [0.5, 0.6) is 11.5 Å². The van der Waals surface area contributed by atoms with Gasteiger partial charge < -0.3 is 14.8 Å². The maximum Gasteiger partial charge on any atom is 0.234 e. The number of nitrogens with one attached hydrogen (secondary N) is 1. The van der Waals surface area contributed by atoms with Crippen molar-refractivity contribution >= 4 is 17.5 Å². The lowest BCUT2D eigenvalue weighted by Gasteiger charge is -2.10. The molecule has 0 aromatic heterocycles. The molecule has 1 aromatic carbocycles. The van der Waals surface area contributed by atoms with Gasteiger partial charge in [0.05, 0.1) is 14.2 Å². The van der Waals surface area contributed by atoms with E-state index >= 15 is 0 Å². The molecule has 0 aliphatic heterocycles. The maximum atomic E-state index is 10.9. The molecule has 4 nitrogen and oxygen atoms in total. The maximum absolute atomic E-state index is 10.9. The Bertz CT molecular complexity index is 410. The lowest BCUT2D eigenvalue weighted by Crippen LogP contribution is -2.25. The van der Waals surface area contributed by atoms with Crippen molar-refractivity contribution in [2.75, 3.05) is 26.6 Å². The highest BCUT2D eigenvalue weighted by Gasteiger charge is 2.05. The third-order valence-corrected chi connectivity index (χ3v) is 3.05. The van der Waals surface area contributed by atoms with Gasteiger partial charge in [0.15, 0.2) is 0 Å². The first-order chi connectivity index (χ1) is 9.21. The Morgan fingerprint density at radius 3 is 2.68 bits per heavy atom. The minimum Gasteiger partial charge on any atom is -0.497 e. The van der Waals surface area contributed by atoms with E-state index in [1.165, 1.54) is 0 Å². The van der Waals surface area contributed by atoms with Crippen molar-refractivity contribution in [1.29, 1.82) is 0 Å². The fraction of sp³-hybridized carbons (Fsp3) is 0.500. The van der Waals surface area contributed by atoms with Gasteiger partial charge in [0, 0.05) is 6.54 Å². The summed E-state index contributed by atoms with van der Waals surface area (Å²) >= 11 is 5.39. The summed E-state index contributed by atoms with van der Waals surface area (Å²) in [5.74, 6) is 1.58. The number of alkyl halides is 1.